The summed E-state index contributed by atoms with van der Waals surface area (Å²) in [5, 5.41) is 2.46. The van der Waals surface area contributed by atoms with Crippen molar-refractivity contribution in [3.63, 3.8) is 0 Å². The van der Waals surface area contributed by atoms with Crippen LogP contribution in [0.25, 0.3) is 44.6 Å². The van der Waals surface area contributed by atoms with Gasteiger partial charge in [0.15, 0.2) is 0 Å². The molecule has 0 unspecified atom stereocenters. The van der Waals surface area contributed by atoms with Crippen LogP contribution in [0.4, 0.5) is 0 Å². The van der Waals surface area contributed by atoms with Crippen molar-refractivity contribution >= 4 is 21.8 Å². The highest BCUT2D eigenvalue weighted by Crippen LogP contribution is 2.38. The largest absolute Gasteiger partial charge is 0.342 e. The van der Waals surface area contributed by atoms with Gasteiger partial charge in [0, 0.05) is 47.5 Å². The molecule has 0 saturated carbocycles. The van der Waals surface area contributed by atoms with Crippen molar-refractivity contribution < 1.29 is 0 Å². The molecule has 0 spiro atoms. The van der Waals surface area contributed by atoms with Crippen LogP contribution in [-0.4, -0.2) is 19.1 Å². The fraction of sp³-hybridized carbons (Fsp3) is 0.161. The van der Waals surface area contributed by atoms with E-state index < -0.39 is 0 Å². The number of hydrogen-bond acceptors (Lipinski definition) is 2. The molecule has 6 rings (SSSR count). The van der Waals surface area contributed by atoms with Gasteiger partial charge in [-0.05, 0) is 54.1 Å². The molecule has 6 aromatic rings. The Hall–Kier alpha value is -4.18. The molecular weight excluding hydrogens is 428 g/mol. The first-order chi connectivity index (χ1) is 16.9. The summed E-state index contributed by atoms with van der Waals surface area (Å²) in [7, 11) is 4.23. The van der Waals surface area contributed by atoms with Crippen molar-refractivity contribution in [1.29, 1.82) is 0 Å². The molecule has 0 radical (unpaired) electrons. The van der Waals surface area contributed by atoms with Crippen LogP contribution >= 0.6 is 0 Å². The van der Waals surface area contributed by atoms with Crippen LogP contribution in [0.15, 0.2) is 97.2 Å². The van der Waals surface area contributed by atoms with Gasteiger partial charge in [-0.2, -0.15) is 0 Å². The Morgan fingerprint density at radius 1 is 0.657 bits per heavy atom. The minimum Gasteiger partial charge on any atom is -0.342 e. The third-order valence-corrected chi connectivity index (χ3v) is 7.29. The summed E-state index contributed by atoms with van der Waals surface area (Å²) in [6.45, 7) is 4.49. The van der Waals surface area contributed by atoms with E-state index in [0.29, 0.717) is 0 Å². The number of fused-ring (bicyclic) bond motifs is 2. The van der Waals surface area contributed by atoms with E-state index in [9.17, 15) is 0 Å². The Morgan fingerprint density at radius 3 is 2.06 bits per heavy atom. The monoisotopic (exact) mass is 456 g/mol. The second-order valence-corrected chi connectivity index (χ2v) is 9.72. The van der Waals surface area contributed by atoms with Gasteiger partial charge >= 0.3 is 0 Å². The maximum absolute atomic E-state index is 5.12. The normalized spacial score (nSPS) is 12.0. The van der Waals surface area contributed by atoms with E-state index in [1.54, 1.807) is 0 Å². The number of aryl methyl sites for hydroxylation is 2. The number of rotatable bonds is 4. The van der Waals surface area contributed by atoms with Gasteiger partial charge in [0.1, 0.15) is 0 Å². The molecule has 0 bridgehead atoms. The first kappa shape index (κ1) is 21.4. The van der Waals surface area contributed by atoms with Gasteiger partial charge in [-0.1, -0.05) is 56.3 Å². The molecule has 0 saturated heterocycles. The van der Waals surface area contributed by atoms with E-state index in [1.807, 2.05) is 12.3 Å². The van der Waals surface area contributed by atoms with Crippen molar-refractivity contribution in [3.05, 3.63) is 108 Å². The Bertz CT molecular complexity index is 1690. The zero-order valence-corrected chi connectivity index (χ0v) is 20.5. The number of para-hydroxylation sites is 1. The highest BCUT2D eigenvalue weighted by molar-refractivity contribution is 5.91. The van der Waals surface area contributed by atoms with Gasteiger partial charge in [-0.15, -0.1) is 0 Å². The number of aromatic nitrogens is 4. The molecule has 0 aliphatic carbocycles. The van der Waals surface area contributed by atoms with Gasteiger partial charge in [-0.25, -0.2) is 4.98 Å². The van der Waals surface area contributed by atoms with Gasteiger partial charge in [0.2, 0.25) is 0 Å². The summed E-state index contributed by atoms with van der Waals surface area (Å²) in [4.78, 5) is 9.79. The summed E-state index contributed by atoms with van der Waals surface area (Å²) >= 11 is 0. The van der Waals surface area contributed by atoms with Crippen molar-refractivity contribution in [2.75, 3.05) is 0 Å². The first-order valence-electron chi connectivity index (χ1n) is 12.0. The number of nitrogens with zero attached hydrogens (tertiary/aromatic N) is 4. The van der Waals surface area contributed by atoms with E-state index in [4.69, 9.17) is 4.98 Å². The second kappa shape index (κ2) is 7.95. The number of benzene rings is 2. The van der Waals surface area contributed by atoms with Crippen LogP contribution in [0.3, 0.4) is 0 Å². The first-order valence-corrected chi connectivity index (χ1v) is 12.0. The number of hydrogen-bond donors (Lipinski definition) is 0. The lowest BCUT2D eigenvalue weighted by atomic mass is 9.79. The van der Waals surface area contributed by atoms with E-state index in [2.05, 4.69) is 127 Å². The SMILES string of the molecule is Cn1c(-c2cccc(-c3cc4c(C(C)(C)c5ccccn5)cccc4n3C)n2)cc2ccccc21. The van der Waals surface area contributed by atoms with Crippen LogP contribution in [-0.2, 0) is 19.5 Å². The summed E-state index contributed by atoms with van der Waals surface area (Å²) in [5.41, 5.74) is 8.66. The molecule has 4 aromatic heterocycles. The molecular formula is C31H28N4. The second-order valence-electron chi connectivity index (χ2n) is 9.72. The smallest absolute Gasteiger partial charge is 0.0874 e. The molecule has 2 aromatic carbocycles. The third-order valence-electron chi connectivity index (χ3n) is 7.29. The van der Waals surface area contributed by atoms with E-state index in [1.165, 1.54) is 27.4 Å². The van der Waals surface area contributed by atoms with E-state index in [0.717, 1.165) is 28.5 Å². The zero-order valence-electron chi connectivity index (χ0n) is 20.5. The van der Waals surface area contributed by atoms with Gasteiger partial charge in [-0.3, -0.25) is 4.98 Å². The van der Waals surface area contributed by atoms with Gasteiger partial charge in [0.25, 0.3) is 0 Å². The van der Waals surface area contributed by atoms with Crippen LogP contribution in [0, 0.1) is 0 Å². The summed E-state index contributed by atoms with van der Waals surface area (Å²) in [6.07, 6.45) is 1.87. The summed E-state index contributed by atoms with van der Waals surface area (Å²) in [6, 6.07) is 31.9. The molecule has 0 N–H and O–H groups in total. The topological polar surface area (TPSA) is 35.6 Å². The molecule has 0 aliphatic rings. The maximum Gasteiger partial charge on any atom is 0.0874 e. The Kier molecular flexibility index (Phi) is 4.85. The molecule has 0 fully saturated rings. The van der Waals surface area contributed by atoms with Crippen molar-refractivity contribution in [2.45, 2.75) is 19.3 Å². The predicted molar refractivity (Wildman–Crippen MR) is 144 cm³/mol. The van der Waals surface area contributed by atoms with Crippen molar-refractivity contribution in [1.82, 2.24) is 19.1 Å². The highest BCUT2D eigenvalue weighted by atomic mass is 15.0. The van der Waals surface area contributed by atoms with Gasteiger partial charge < -0.3 is 9.13 Å². The molecule has 0 amide bonds. The van der Waals surface area contributed by atoms with Crippen LogP contribution < -0.4 is 0 Å². The minimum absolute atomic E-state index is 0.224. The predicted octanol–water partition coefficient (Wildman–Crippen LogP) is 7.12. The Labute approximate surface area is 205 Å². The molecule has 4 heterocycles. The summed E-state index contributed by atoms with van der Waals surface area (Å²) < 4.78 is 4.47. The third kappa shape index (κ3) is 3.36. The fourth-order valence-corrected chi connectivity index (χ4v) is 5.28. The highest BCUT2D eigenvalue weighted by Gasteiger charge is 2.27. The zero-order chi connectivity index (χ0) is 24.2. The van der Waals surface area contributed by atoms with Crippen LogP contribution in [0.1, 0.15) is 25.1 Å². The lowest BCUT2D eigenvalue weighted by Gasteiger charge is -2.25. The number of pyridine rings is 2. The molecule has 0 atom stereocenters. The summed E-state index contributed by atoms with van der Waals surface area (Å²) in [5.74, 6) is 0. The maximum atomic E-state index is 5.12. The van der Waals surface area contributed by atoms with Crippen molar-refractivity contribution in [2.24, 2.45) is 14.1 Å². The van der Waals surface area contributed by atoms with Crippen LogP contribution in [0.5, 0.6) is 0 Å². The lowest BCUT2D eigenvalue weighted by molar-refractivity contribution is 0.622. The van der Waals surface area contributed by atoms with E-state index >= 15 is 0 Å². The van der Waals surface area contributed by atoms with E-state index in [-0.39, 0.29) is 5.41 Å². The molecule has 4 nitrogen and oxygen atoms in total. The fourth-order valence-electron chi connectivity index (χ4n) is 5.28. The molecule has 35 heavy (non-hydrogen) atoms. The van der Waals surface area contributed by atoms with Gasteiger partial charge in [0.05, 0.1) is 28.5 Å². The average molecular weight is 457 g/mol. The molecule has 4 heteroatoms. The minimum atomic E-state index is -0.224. The Morgan fingerprint density at radius 2 is 1.31 bits per heavy atom. The van der Waals surface area contributed by atoms with Crippen molar-refractivity contribution in [3.8, 4) is 22.8 Å². The quantitative estimate of drug-likeness (QED) is 0.283. The van der Waals surface area contributed by atoms with Crippen LogP contribution in [0.2, 0.25) is 0 Å². The average Bonchev–Trinajstić information content (AvgIpc) is 3.41. The lowest BCUT2D eigenvalue weighted by Crippen LogP contribution is -2.20. The molecule has 172 valence electrons. The standard InChI is InChI=1S/C31H28N4/c1-31(2,30-17-7-8-18-32-30)23-12-9-16-27-22(23)20-29(35(27)4)25-14-10-13-24(33-25)28-19-21-11-5-6-15-26(21)34(28)3/h5-20H,1-4H3. The molecule has 0 aliphatic heterocycles. The Balaban J connectivity index is 1.50.